The molecule has 2 aromatic carbocycles. The summed E-state index contributed by atoms with van der Waals surface area (Å²) in [5.74, 6) is -0.598. The van der Waals surface area contributed by atoms with Crippen molar-refractivity contribution in [3.8, 4) is 11.1 Å². The molecule has 1 aromatic heterocycles. The van der Waals surface area contributed by atoms with Crippen LogP contribution in [-0.4, -0.2) is 10.9 Å². The van der Waals surface area contributed by atoms with Crippen LogP contribution < -0.4 is 5.73 Å². The van der Waals surface area contributed by atoms with Gasteiger partial charge in [-0.15, -0.1) is 0 Å². The molecule has 0 saturated carbocycles. The third kappa shape index (κ3) is 2.46. The Hall–Kier alpha value is -2.10. The van der Waals surface area contributed by atoms with E-state index in [4.69, 9.17) is 28.9 Å². The second-order valence-electron chi connectivity index (χ2n) is 4.50. The zero-order chi connectivity index (χ0) is 15.0. The second-order valence-corrected chi connectivity index (χ2v) is 5.31. The van der Waals surface area contributed by atoms with Crippen LogP contribution in [0.1, 0.15) is 10.5 Å². The van der Waals surface area contributed by atoms with Gasteiger partial charge in [0, 0.05) is 21.0 Å². The van der Waals surface area contributed by atoms with Crippen LogP contribution in [0.15, 0.2) is 42.5 Å². The monoisotopic (exact) mass is 315 g/mol. The van der Waals surface area contributed by atoms with Crippen molar-refractivity contribution in [3.05, 3.63) is 64.4 Å². The molecule has 0 bridgehead atoms. The van der Waals surface area contributed by atoms with Gasteiger partial charge in [0.1, 0.15) is 5.69 Å². The molecule has 3 aromatic rings. The lowest BCUT2D eigenvalue weighted by molar-refractivity contribution is 0.0997. The molecule has 103 valence electrons. The topological polar surface area (TPSA) is 56.0 Å². The van der Waals surface area contributed by atoms with Gasteiger partial charge < -0.3 is 5.73 Å². The fraction of sp³-hybridized carbons (Fsp3) is 0. The summed E-state index contributed by atoms with van der Waals surface area (Å²) in [6, 6.07) is 12.5. The minimum Gasteiger partial charge on any atom is -0.364 e. The van der Waals surface area contributed by atoms with Gasteiger partial charge in [-0.05, 0) is 35.2 Å². The van der Waals surface area contributed by atoms with Gasteiger partial charge in [-0.2, -0.15) is 0 Å². The van der Waals surface area contributed by atoms with Gasteiger partial charge in [-0.1, -0.05) is 41.4 Å². The summed E-state index contributed by atoms with van der Waals surface area (Å²) < 4.78 is 0. The molecule has 5 heteroatoms. The molecular formula is C16H9Cl2N2O. The Bertz CT molecular complexity index is 842. The molecule has 0 aliphatic carbocycles. The normalized spacial score (nSPS) is 10.8. The first-order chi connectivity index (χ1) is 10.1. The number of fused-ring (bicyclic) bond motifs is 1. The smallest absolute Gasteiger partial charge is 0.267 e. The molecule has 0 atom stereocenters. The molecule has 0 aliphatic heterocycles. The SMILES string of the molecule is NC(=O)c1n[c]cc2ccc(-c3c(Cl)cccc3Cl)cc12. The molecular weight excluding hydrogens is 307 g/mol. The van der Waals surface area contributed by atoms with E-state index in [0.717, 1.165) is 10.9 Å². The first-order valence-electron chi connectivity index (χ1n) is 6.13. The van der Waals surface area contributed by atoms with Gasteiger partial charge in [0.05, 0.1) is 6.20 Å². The van der Waals surface area contributed by atoms with Gasteiger partial charge in [-0.25, -0.2) is 4.98 Å². The summed E-state index contributed by atoms with van der Waals surface area (Å²) in [7, 11) is 0. The van der Waals surface area contributed by atoms with Gasteiger partial charge in [0.15, 0.2) is 0 Å². The van der Waals surface area contributed by atoms with Crippen LogP contribution in [0.3, 0.4) is 0 Å². The van der Waals surface area contributed by atoms with Gasteiger partial charge in [0.2, 0.25) is 0 Å². The van der Waals surface area contributed by atoms with Crippen molar-refractivity contribution in [2.75, 3.05) is 0 Å². The standard InChI is InChI=1S/C16H9Cl2N2O/c17-12-2-1-3-13(18)14(12)10-5-4-9-6-7-20-15(16(19)21)11(9)8-10/h1-6,8H,(H2,19,21). The number of benzene rings is 2. The fourth-order valence-corrected chi connectivity index (χ4v) is 2.85. The molecule has 1 radical (unpaired) electrons. The lowest BCUT2D eigenvalue weighted by Crippen LogP contribution is -2.13. The van der Waals surface area contributed by atoms with Gasteiger partial charge in [0.25, 0.3) is 5.91 Å². The molecule has 0 aliphatic rings. The first-order valence-corrected chi connectivity index (χ1v) is 6.88. The Labute approximate surface area is 131 Å². The van der Waals surface area contributed by atoms with Crippen molar-refractivity contribution in [1.82, 2.24) is 4.98 Å². The summed E-state index contributed by atoms with van der Waals surface area (Å²) in [5.41, 5.74) is 7.05. The fourth-order valence-electron chi connectivity index (χ4n) is 2.23. The van der Waals surface area contributed by atoms with Crippen LogP contribution in [-0.2, 0) is 0 Å². The quantitative estimate of drug-likeness (QED) is 0.773. The minimum absolute atomic E-state index is 0.178. The Morgan fingerprint density at radius 3 is 2.52 bits per heavy atom. The third-order valence-corrected chi connectivity index (χ3v) is 3.82. The lowest BCUT2D eigenvalue weighted by atomic mass is 10.0. The highest BCUT2D eigenvalue weighted by Gasteiger charge is 2.12. The maximum atomic E-state index is 11.5. The van der Waals surface area contributed by atoms with Crippen LogP contribution in [0.5, 0.6) is 0 Å². The number of nitrogens with zero attached hydrogens (tertiary/aromatic N) is 1. The molecule has 0 unspecified atom stereocenters. The predicted molar refractivity (Wildman–Crippen MR) is 84.6 cm³/mol. The van der Waals surface area contributed by atoms with Crippen LogP contribution in [0.25, 0.3) is 21.9 Å². The lowest BCUT2D eigenvalue weighted by Gasteiger charge is -2.09. The van der Waals surface area contributed by atoms with Gasteiger partial charge >= 0.3 is 0 Å². The molecule has 0 fully saturated rings. The van der Waals surface area contributed by atoms with Crippen molar-refractivity contribution >= 4 is 39.9 Å². The number of nitrogens with two attached hydrogens (primary N) is 1. The number of pyridine rings is 1. The summed E-state index contributed by atoms with van der Waals surface area (Å²) >= 11 is 12.4. The Morgan fingerprint density at radius 1 is 1.14 bits per heavy atom. The van der Waals surface area contributed by atoms with E-state index in [1.165, 1.54) is 0 Å². The summed E-state index contributed by atoms with van der Waals surface area (Å²) in [6.45, 7) is 0. The van der Waals surface area contributed by atoms with Crippen molar-refractivity contribution in [3.63, 3.8) is 0 Å². The number of hydrogen-bond acceptors (Lipinski definition) is 2. The average molecular weight is 316 g/mol. The van der Waals surface area contributed by atoms with E-state index in [1.807, 2.05) is 18.2 Å². The number of halogens is 2. The Morgan fingerprint density at radius 2 is 1.86 bits per heavy atom. The zero-order valence-corrected chi connectivity index (χ0v) is 12.2. The highest BCUT2D eigenvalue weighted by Crippen LogP contribution is 2.36. The summed E-state index contributed by atoms with van der Waals surface area (Å²) in [6.07, 6.45) is 2.66. The number of primary amides is 1. The van der Waals surface area contributed by atoms with Crippen LogP contribution in [0.4, 0.5) is 0 Å². The molecule has 0 saturated heterocycles. The molecule has 0 spiro atoms. The van der Waals surface area contributed by atoms with Crippen LogP contribution in [0, 0.1) is 6.20 Å². The number of aromatic nitrogens is 1. The molecule has 3 nitrogen and oxygen atoms in total. The van der Waals surface area contributed by atoms with Crippen molar-refractivity contribution in [2.45, 2.75) is 0 Å². The second kappa shape index (κ2) is 5.35. The van der Waals surface area contributed by atoms with E-state index >= 15 is 0 Å². The van der Waals surface area contributed by atoms with Crippen molar-refractivity contribution < 1.29 is 4.79 Å². The highest BCUT2D eigenvalue weighted by molar-refractivity contribution is 6.39. The predicted octanol–water partition coefficient (Wildman–Crippen LogP) is 4.11. The highest BCUT2D eigenvalue weighted by atomic mass is 35.5. The van der Waals surface area contributed by atoms with Gasteiger partial charge in [-0.3, -0.25) is 4.79 Å². The molecule has 1 amide bonds. The zero-order valence-electron chi connectivity index (χ0n) is 10.7. The molecule has 21 heavy (non-hydrogen) atoms. The average Bonchev–Trinajstić information content (AvgIpc) is 2.46. The van der Waals surface area contributed by atoms with E-state index in [0.29, 0.717) is 21.0 Å². The maximum Gasteiger partial charge on any atom is 0.267 e. The maximum absolute atomic E-state index is 11.5. The number of amides is 1. The van der Waals surface area contributed by atoms with E-state index in [1.54, 1.807) is 24.3 Å². The summed E-state index contributed by atoms with van der Waals surface area (Å²) in [5, 5.41) is 2.55. The van der Waals surface area contributed by atoms with Crippen molar-refractivity contribution in [2.24, 2.45) is 5.73 Å². The number of carbonyl (C=O) groups is 1. The first kappa shape index (κ1) is 13.9. The number of hydrogen-bond donors (Lipinski definition) is 1. The van der Waals surface area contributed by atoms with Crippen LogP contribution in [0.2, 0.25) is 10.0 Å². The third-order valence-electron chi connectivity index (χ3n) is 3.19. The Kier molecular flexibility index (Phi) is 3.53. The Balaban J connectivity index is 2.31. The van der Waals surface area contributed by atoms with Crippen molar-refractivity contribution in [1.29, 1.82) is 0 Å². The number of carbonyl (C=O) groups excluding carboxylic acids is 1. The molecule has 3 rings (SSSR count). The molecule has 2 N–H and O–H groups in total. The van der Waals surface area contributed by atoms with Crippen LogP contribution >= 0.6 is 23.2 Å². The minimum atomic E-state index is -0.598. The largest absolute Gasteiger partial charge is 0.364 e. The molecule has 1 heterocycles. The van der Waals surface area contributed by atoms with E-state index in [-0.39, 0.29) is 5.69 Å². The van der Waals surface area contributed by atoms with E-state index in [2.05, 4.69) is 11.2 Å². The van der Waals surface area contributed by atoms with E-state index < -0.39 is 5.91 Å². The van der Waals surface area contributed by atoms with E-state index in [9.17, 15) is 4.79 Å². The summed E-state index contributed by atoms with van der Waals surface area (Å²) in [4.78, 5) is 15.4. The number of rotatable bonds is 2.